The quantitative estimate of drug-likeness (QED) is 0.440. The molecule has 0 unspecified atom stereocenters. The minimum atomic E-state index is -0.632. The van der Waals surface area contributed by atoms with Gasteiger partial charge < -0.3 is 24.7 Å². The average molecular weight is 408 g/mol. The van der Waals surface area contributed by atoms with Crippen molar-refractivity contribution in [1.82, 2.24) is 0 Å². The Bertz CT molecular complexity index is 689. The first kappa shape index (κ1) is 21.8. The van der Waals surface area contributed by atoms with E-state index >= 15 is 0 Å². The van der Waals surface area contributed by atoms with Crippen LogP contribution in [0.2, 0.25) is 0 Å². The van der Waals surface area contributed by atoms with Crippen LogP contribution in [0.15, 0.2) is 48.5 Å². The van der Waals surface area contributed by atoms with Crippen molar-refractivity contribution in [1.29, 1.82) is 0 Å². The predicted octanol–water partition coefficient (Wildman–Crippen LogP) is -0.793. The van der Waals surface area contributed by atoms with Crippen molar-refractivity contribution < 1.29 is 33.5 Å². The molecule has 1 aliphatic rings. The van der Waals surface area contributed by atoms with Gasteiger partial charge in [0.1, 0.15) is 63.1 Å². The number of ether oxygens (including phenoxy) is 1. The van der Waals surface area contributed by atoms with Crippen LogP contribution >= 0.6 is 0 Å². The summed E-state index contributed by atoms with van der Waals surface area (Å²) in [5.41, 5.74) is 1.50. The fraction of sp³-hybridized carbons (Fsp3) is 0.455. The first-order valence-corrected chi connectivity index (χ1v) is 10.1. The molecule has 2 aromatic carbocycles. The van der Waals surface area contributed by atoms with Crippen LogP contribution in [-0.2, 0) is 4.74 Å². The predicted molar refractivity (Wildman–Crippen MR) is 105 cm³/mol. The second kappa shape index (κ2) is 10.8. The fourth-order valence-corrected chi connectivity index (χ4v) is 3.83. The summed E-state index contributed by atoms with van der Waals surface area (Å²) in [7, 11) is 0. The third kappa shape index (κ3) is 6.55. The second-order valence-electron chi connectivity index (χ2n) is 7.65. The van der Waals surface area contributed by atoms with Crippen molar-refractivity contribution in [2.75, 3.05) is 52.5 Å². The number of rotatable bonds is 9. The summed E-state index contributed by atoms with van der Waals surface area (Å²) < 4.78 is 32.6. The molecule has 29 heavy (non-hydrogen) atoms. The molecule has 0 aromatic heterocycles. The summed E-state index contributed by atoms with van der Waals surface area (Å²) in [4.78, 5) is 2.72. The van der Waals surface area contributed by atoms with Crippen LogP contribution in [0.3, 0.4) is 0 Å². The Morgan fingerprint density at radius 1 is 0.828 bits per heavy atom. The second-order valence-corrected chi connectivity index (χ2v) is 7.65. The highest BCUT2D eigenvalue weighted by Gasteiger charge is 2.25. The Morgan fingerprint density at radius 3 is 1.79 bits per heavy atom. The van der Waals surface area contributed by atoms with Crippen molar-refractivity contribution in [3.05, 3.63) is 71.3 Å². The molecule has 1 atom stereocenters. The fourth-order valence-electron chi connectivity index (χ4n) is 3.83. The van der Waals surface area contributed by atoms with E-state index in [4.69, 9.17) is 9.84 Å². The Balaban J connectivity index is 1.58. The molecule has 1 heterocycles. The van der Waals surface area contributed by atoms with Crippen LogP contribution in [0.4, 0.5) is 8.78 Å². The topological polar surface area (TPSA) is 58.6 Å². The zero-order chi connectivity index (χ0) is 20.6. The zero-order valence-corrected chi connectivity index (χ0v) is 16.5. The van der Waals surface area contributed by atoms with Crippen LogP contribution in [0.25, 0.3) is 0 Å². The molecule has 0 saturated carbocycles. The van der Waals surface area contributed by atoms with E-state index < -0.39 is 12.2 Å². The maximum absolute atomic E-state index is 13.3. The minimum absolute atomic E-state index is 0.135. The highest BCUT2D eigenvalue weighted by molar-refractivity contribution is 5.30. The van der Waals surface area contributed by atoms with E-state index in [9.17, 15) is 13.9 Å². The van der Waals surface area contributed by atoms with Gasteiger partial charge >= 0.3 is 0 Å². The lowest BCUT2D eigenvalue weighted by Crippen LogP contribution is -3.28. The van der Waals surface area contributed by atoms with Crippen molar-refractivity contribution in [3.63, 3.8) is 0 Å². The van der Waals surface area contributed by atoms with Crippen LogP contribution < -0.4 is 9.80 Å². The van der Waals surface area contributed by atoms with Gasteiger partial charge in [-0.05, 0) is 35.4 Å². The molecule has 1 fully saturated rings. The average Bonchev–Trinajstić information content (AvgIpc) is 2.72. The molecule has 1 saturated heterocycles. The number of hydrogen-bond acceptors (Lipinski definition) is 3. The normalized spacial score (nSPS) is 20.7. The SMILES string of the molecule is OCC[NH+]1CC[NH+](C[C@@H](O)COC(c2ccc(F)cc2)c2ccc(F)cc2)CC1. The standard InChI is InChI=1S/C22H28F2N2O3/c23-19-5-1-17(2-6-19)22(18-3-7-20(24)8-4-18)29-16-21(28)15-26-11-9-25(10-12-26)13-14-27/h1-8,21-22,27-28H,9-16H2/p+2/t21-/m1/s1. The first-order valence-electron chi connectivity index (χ1n) is 10.1. The molecule has 5 nitrogen and oxygen atoms in total. The lowest BCUT2D eigenvalue weighted by molar-refractivity contribution is -1.01. The van der Waals surface area contributed by atoms with Gasteiger partial charge in [0.05, 0.1) is 13.2 Å². The molecule has 0 amide bonds. The zero-order valence-electron chi connectivity index (χ0n) is 16.5. The van der Waals surface area contributed by atoms with Gasteiger partial charge in [0.15, 0.2) is 0 Å². The molecule has 0 bridgehead atoms. The van der Waals surface area contributed by atoms with E-state index in [0.29, 0.717) is 6.54 Å². The lowest BCUT2D eigenvalue weighted by atomic mass is 10.0. The number of nitrogens with one attached hydrogen (secondary N) is 2. The number of quaternary nitrogens is 2. The molecular formula is C22H30F2N2O3+2. The summed E-state index contributed by atoms with van der Waals surface area (Å²) in [5, 5.41) is 19.5. The largest absolute Gasteiger partial charge is 0.391 e. The number of halogens is 2. The molecule has 1 aliphatic heterocycles. The maximum atomic E-state index is 13.3. The summed E-state index contributed by atoms with van der Waals surface area (Å²) in [6.07, 6.45) is -1.14. The minimum Gasteiger partial charge on any atom is -0.391 e. The summed E-state index contributed by atoms with van der Waals surface area (Å²) in [6.45, 7) is 5.57. The van der Waals surface area contributed by atoms with E-state index in [-0.39, 0.29) is 24.8 Å². The van der Waals surface area contributed by atoms with Gasteiger partial charge in [-0.15, -0.1) is 0 Å². The van der Waals surface area contributed by atoms with E-state index in [1.54, 1.807) is 24.3 Å². The van der Waals surface area contributed by atoms with Crippen LogP contribution in [0.5, 0.6) is 0 Å². The Kier molecular flexibility index (Phi) is 8.09. The van der Waals surface area contributed by atoms with Gasteiger partial charge in [-0.2, -0.15) is 0 Å². The van der Waals surface area contributed by atoms with Gasteiger partial charge in [-0.3, -0.25) is 0 Å². The number of benzene rings is 2. The van der Waals surface area contributed by atoms with E-state index in [0.717, 1.165) is 43.9 Å². The van der Waals surface area contributed by atoms with Crippen LogP contribution in [0, 0.1) is 11.6 Å². The highest BCUT2D eigenvalue weighted by atomic mass is 19.1. The number of piperazine rings is 1. The van der Waals surface area contributed by atoms with Crippen LogP contribution in [0.1, 0.15) is 17.2 Å². The summed E-state index contributed by atoms with van der Waals surface area (Å²) >= 11 is 0. The number of hydrogen-bond donors (Lipinski definition) is 4. The number of aliphatic hydroxyl groups is 2. The Morgan fingerprint density at radius 2 is 1.31 bits per heavy atom. The van der Waals surface area contributed by atoms with Gasteiger partial charge in [0.25, 0.3) is 0 Å². The highest BCUT2D eigenvalue weighted by Crippen LogP contribution is 2.26. The molecule has 7 heteroatoms. The first-order chi connectivity index (χ1) is 14.0. The summed E-state index contributed by atoms with van der Waals surface area (Å²) in [6, 6.07) is 12.0. The molecular weight excluding hydrogens is 378 g/mol. The third-order valence-electron chi connectivity index (χ3n) is 5.45. The van der Waals surface area contributed by atoms with Crippen LogP contribution in [-0.4, -0.2) is 68.8 Å². The Labute approximate surface area is 170 Å². The monoisotopic (exact) mass is 408 g/mol. The van der Waals surface area contributed by atoms with Crippen molar-refractivity contribution in [3.8, 4) is 0 Å². The molecule has 2 aromatic rings. The summed E-state index contributed by atoms with van der Waals surface area (Å²) in [5.74, 6) is -0.671. The van der Waals surface area contributed by atoms with Crippen molar-refractivity contribution >= 4 is 0 Å². The van der Waals surface area contributed by atoms with Gasteiger partial charge in [-0.25, -0.2) is 8.78 Å². The lowest BCUT2D eigenvalue weighted by Gasteiger charge is -2.30. The molecule has 3 rings (SSSR count). The molecule has 0 radical (unpaired) electrons. The maximum Gasteiger partial charge on any atom is 0.127 e. The molecule has 0 aliphatic carbocycles. The smallest absolute Gasteiger partial charge is 0.127 e. The van der Waals surface area contributed by atoms with Crippen molar-refractivity contribution in [2.24, 2.45) is 0 Å². The molecule has 0 spiro atoms. The molecule has 4 N–H and O–H groups in total. The van der Waals surface area contributed by atoms with E-state index in [2.05, 4.69) is 0 Å². The van der Waals surface area contributed by atoms with Gasteiger partial charge in [-0.1, -0.05) is 24.3 Å². The van der Waals surface area contributed by atoms with Gasteiger partial charge in [0, 0.05) is 0 Å². The van der Waals surface area contributed by atoms with E-state index in [1.165, 1.54) is 34.1 Å². The van der Waals surface area contributed by atoms with E-state index in [1.807, 2.05) is 0 Å². The molecule has 158 valence electrons. The Hall–Kier alpha value is -1.90. The van der Waals surface area contributed by atoms with Crippen molar-refractivity contribution in [2.45, 2.75) is 12.2 Å². The van der Waals surface area contributed by atoms with Gasteiger partial charge in [0.2, 0.25) is 0 Å². The third-order valence-corrected chi connectivity index (χ3v) is 5.45. The number of aliphatic hydroxyl groups excluding tert-OH is 2.